The van der Waals surface area contributed by atoms with Gasteiger partial charge in [0.1, 0.15) is 17.5 Å². The number of para-hydroxylation sites is 1. The van der Waals surface area contributed by atoms with Crippen LogP contribution in [0, 0.1) is 17.7 Å². The van der Waals surface area contributed by atoms with Gasteiger partial charge in [0.05, 0.1) is 23.1 Å². The average molecular weight is 472 g/mol. The molecule has 2 fully saturated rings. The van der Waals surface area contributed by atoms with E-state index in [4.69, 9.17) is 4.74 Å². The predicted octanol–water partition coefficient (Wildman–Crippen LogP) is 3.41. The standard InChI is InChI=1S/C26H34FN3O4/c1-8-24(5,6)30-19(21(32)29-23(2,3)4)26-14-13-25(7,34-26)17(18(26)22(30)33)20(31)28-16-12-10-9-11-15(16)27/h9-14,17-19H,8H2,1-7H3,(H,28,31)(H,29,32)/t17-,18+,19+,25+,26-/m0/s1. The summed E-state index contributed by atoms with van der Waals surface area (Å²) < 4.78 is 20.7. The lowest BCUT2D eigenvalue weighted by atomic mass is 9.70. The van der Waals surface area contributed by atoms with E-state index in [0.29, 0.717) is 6.42 Å². The van der Waals surface area contributed by atoms with E-state index in [0.717, 1.165) is 0 Å². The second-order valence-electron chi connectivity index (χ2n) is 11.4. The van der Waals surface area contributed by atoms with Crippen molar-refractivity contribution in [3.05, 3.63) is 42.2 Å². The molecule has 2 saturated heterocycles. The van der Waals surface area contributed by atoms with Gasteiger partial charge in [-0.25, -0.2) is 4.39 Å². The van der Waals surface area contributed by atoms with Gasteiger partial charge in [0.2, 0.25) is 17.7 Å². The molecule has 8 heteroatoms. The first-order valence-electron chi connectivity index (χ1n) is 11.8. The maximum atomic E-state index is 14.3. The number of hydrogen-bond acceptors (Lipinski definition) is 4. The zero-order valence-corrected chi connectivity index (χ0v) is 20.9. The third-order valence-corrected chi connectivity index (χ3v) is 7.38. The minimum Gasteiger partial charge on any atom is -0.356 e. The summed E-state index contributed by atoms with van der Waals surface area (Å²) in [4.78, 5) is 42.8. The van der Waals surface area contributed by atoms with Crippen molar-refractivity contribution in [2.45, 2.75) is 83.2 Å². The molecule has 5 atom stereocenters. The second-order valence-corrected chi connectivity index (χ2v) is 11.4. The van der Waals surface area contributed by atoms with Gasteiger partial charge < -0.3 is 20.3 Å². The Hall–Kier alpha value is -2.74. The van der Waals surface area contributed by atoms with Crippen LogP contribution in [-0.2, 0) is 19.1 Å². The maximum absolute atomic E-state index is 14.3. The number of carbonyl (C=O) groups excluding carboxylic acids is 3. The second kappa shape index (κ2) is 7.63. The molecular formula is C26H34FN3O4. The van der Waals surface area contributed by atoms with Crippen LogP contribution in [0.25, 0.3) is 0 Å². The Morgan fingerprint density at radius 1 is 1.12 bits per heavy atom. The van der Waals surface area contributed by atoms with Crippen molar-refractivity contribution in [3.63, 3.8) is 0 Å². The normalized spacial score (nSPS) is 32.2. The smallest absolute Gasteiger partial charge is 0.246 e. The van der Waals surface area contributed by atoms with E-state index in [1.807, 2.05) is 41.5 Å². The molecule has 0 radical (unpaired) electrons. The van der Waals surface area contributed by atoms with E-state index in [9.17, 15) is 18.8 Å². The van der Waals surface area contributed by atoms with E-state index in [-0.39, 0.29) is 17.5 Å². The topological polar surface area (TPSA) is 87.7 Å². The first-order valence-corrected chi connectivity index (χ1v) is 11.8. The van der Waals surface area contributed by atoms with Crippen LogP contribution < -0.4 is 10.6 Å². The molecule has 1 spiro atoms. The number of rotatable bonds is 5. The number of benzene rings is 1. The molecule has 2 N–H and O–H groups in total. The average Bonchev–Trinajstić information content (AvgIpc) is 3.29. The van der Waals surface area contributed by atoms with Crippen LogP contribution in [-0.4, -0.2) is 50.9 Å². The zero-order valence-electron chi connectivity index (χ0n) is 20.9. The van der Waals surface area contributed by atoms with Crippen LogP contribution >= 0.6 is 0 Å². The Bertz CT molecular complexity index is 1080. The third kappa shape index (κ3) is 3.54. The highest BCUT2D eigenvalue weighted by atomic mass is 19.1. The van der Waals surface area contributed by atoms with Gasteiger partial charge >= 0.3 is 0 Å². The van der Waals surface area contributed by atoms with E-state index in [1.165, 1.54) is 18.2 Å². The van der Waals surface area contributed by atoms with Crippen molar-refractivity contribution in [2.75, 3.05) is 5.32 Å². The van der Waals surface area contributed by atoms with Crippen LogP contribution in [0.5, 0.6) is 0 Å². The van der Waals surface area contributed by atoms with Gasteiger partial charge in [-0.3, -0.25) is 14.4 Å². The number of amides is 3. The molecule has 34 heavy (non-hydrogen) atoms. The number of fused-ring (bicyclic) bond motifs is 1. The summed E-state index contributed by atoms with van der Waals surface area (Å²) in [6, 6.07) is 4.95. The van der Waals surface area contributed by atoms with Crippen molar-refractivity contribution in [1.29, 1.82) is 0 Å². The number of anilines is 1. The fourth-order valence-corrected chi connectivity index (χ4v) is 5.56. The Morgan fingerprint density at radius 2 is 1.76 bits per heavy atom. The quantitative estimate of drug-likeness (QED) is 0.645. The molecule has 2 bridgehead atoms. The minimum atomic E-state index is -1.29. The Kier molecular flexibility index (Phi) is 5.47. The molecule has 0 unspecified atom stereocenters. The molecule has 3 amide bonds. The van der Waals surface area contributed by atoms with E-state index >= 15 is 0 Å². The fourth-order valence-electron chi connectivity index (χ4n) is 5.56. The number of carbonyl (C=O) groups is 3. The highest BCUT2D eigenvalue weighted by molar-refractivity contribution is 6.03. The van der Waals surface area contributed by atoms with Crippen LogP contribution in [0.4, 0.5) is 10.1 Å². The largest absolute Gasteiger partial charge is 0.356 e. The molecule has 0 saturated carbocycles. The Labute approximate surface area is 200 Å². The lowest BCUT2D eigenvalue weighted by molar-refractivity contribution is -0.151. The Morgan fingerprint density at radius 3 is 2.35 bits per heavy atom. The van der Waals surface area contributed by atoms with Crippen molar-refractivity contribution in [2.24, 2.45) is 11.8 Å². The van der Waals surface area contributed by atoms with Gasteiger partial charge in [-0.2, -0.15) is 0 Å². The molecule has 0 aromatic heterocycles. The lowest BCUT2D eigenvalue weighted by Gasteiger charge is -2.42. The molecule has 1 aromatic carbocycles. The van der Waals surface area contributed by atoms with Crippen molar-refractivity contribution in [1.82, 2.24) is 10.2 Å². The van der Waals surface area contributed by atoms with Gasteiger partial charge in [-0.05, 0) is 60.1 Å². The summed E-state index contributed by atoms with van der Waals surface area (Å²) >= 11 is 0. The van der Waals surface area contributed by atoms with Gasteiger partial charge in [-0.15, -0.1) is 0 Å². The fraction of sp³-hybridized carbons (Fsp3) is 0.577. The van der Waals surface area contributed by atoms with Crippen molar-refractivity contribution in [3.8, 4) is 0 Å². The predicted molar refractivity (Wildman–Crippen MR) is 126 cm³/mol. The number of hydrogen-bond donors (Lipinski definition) is 2. The molecule has 1 aromatic rings. The van der Waals surface area contributed by atoms with Crippen molar-refractivity contribution < 1.29 is 23.5 Å². The van der Waals surface area contributed by atoms with Gasteiger partial charge in [0.25, 0.3) is 0 Å². The minimum absolute atomic E-state index is 0.0371. The van der Waals surface area contributed by atoms with Gasteiger partial charge in [0.15, 0.2) is 0 Å². The monoisotopic (exact) mass is 471 g/mol. The summed E-state index contributed by atoms with van der Waals surface area (Å²) in [7, 11) is 0. The molecule has 3 aliphatic heterocycles. The summed E-state index contributed by atoms with van der Waals surface area (Å²) in [6.07, 6.45) is 4.15. The summed E-state index contributed by atoms with van der Waals surface area (Å²) in [5.74, 6) is -3.54. The number of nitrogens with zero attached hydrogens (tertiary/aromatic N) is 1. The Balaban J connectivity index is 1.79. The summed E-state index contributed by atoms with van der Waals surface area (Å²) in [5.41, 5.74) is -3.53. The van der Waals surface area contributed by atoms with Crippen LogP contribution in [0.3, 0.4) is 0 Å². The SMILES string of the molecule is CCC(C)(C)N1C(=O)[C@H]2[C@@H](C(=O)Nc3ccccc3F)[C@@]3(C)C=C[C@@]2(O3)[C@H]1C(=O)NC(C)(C)C. The maximum Gasteiger partial charge on any atom is 0.246 e. The summed E-state index contributed by atoms with van der Waals surface area (Å²) in [6.45, 7) is 13.1. The molecular weight excluding hydrogens is 437 g/mol. The molecule has 184 valence electrons. The highest BCUT2D eigenvalue weighted by Crippen LogP contribution is 2.61. The molecule has 3 heterocycles. The molecule has 3 aliphatic rings. The third-order valence-electron chi connectivity index (χ3n) is 7.38. The first kappa shape index (κ1) is 24.4. The van der Waals surface area contributed by atoms with Crippen LogP contribution in [0.1, 0.15) is 54.9 Å². The van der Waals surface area contributed by atoms with Crippen LogP contribution in [0.15, 0.2) is 36.4 Å². The van der Waals surface area contributed by atoms with E-state index < -0.39 is 51.9 Å². The van der Waals surface area contributed by atoms with Gasteiger partial charge in [0, 0.05) is 11.1 Å². The van der Waals surface area contributed by atoms with Crippen molar-refractivity contribution >= 4 is 23.4 Å². The van der Waals surface area contributed by atoms with Crippen LogP contribution in [0.2, 0.25) is 0 Å². The number of nitrogens with one attached hydrogen (secondary N) is 2. The number of ether oxygens (including phenoxy) is 1. The lowest BCUT2D eigenvalue weighted by Crippen LogP contribution is -2.62. The highest BCUT2D eigenvalue weighted by Gasteiger charge is 2.77. The molecule has 7 nitrogen and oxygen atoms in total. The number of likely N-dealkylation sites (tertiary alicyclic amines) is 1. The number of halogens is 1. The zero-order chi connectivity index (χ0) is 25.3. The van der Waals surface area contributed by atoms with E-state index in [2.05, 4.69) is 10.6 Å². The molecule has 4 rings (SSSR count). The van der Waals surface area contributed by atoms with E-state index in [1.54, 1.807) is 30.0 Å². The van der Waals surface area contributed by atoms with Gasteiger partial charge in [-0.1, -0.05) is 31.2 Å². The first-order chi connectivity index (χ1) is 15.7. The summed E-state index contributed by atoms with van der Waals surface area (Å²) in [5, 5.41) is 5.65. The molecule has 0 aliphatic carbocycles.